The van der Waals surface area contributed by atoms with Crippen LogP contribution in [0, 0.1) is 104 Å². The van der Waals surface area contributed by atoms with Crippen LogP contribution in [-0.2, 0) is 0 Å². The van der Waals surface area contributed by atoms with Gasteiger partial charge in [-0.05, 0) is 323 Å². The minimum atomic E-state index is -0.177. The Kier molecular flexibility index (Phi) is 20.4. The molecule has 95 heavy (non-hydrogen) atoms. The van der Waals surface area contributed by atoms with Crippen molar-refractivity contribution < 1.29 is 4.79 Å². The van der Waals surface area contributed by atoms with Gasteiger partial charge in [-0.2, -0.15) is 0 Å². The van der Waals surface area contributed by atoms with E-state index in [1.165, 1.54) is 111 Å². The van der Waals surface area contributed by atoms with Gasteiger partial charge >= 0.3 is 0 Å². The van der Waals surface area contributed by atoms with Crippen molar-refractivity contribution in [1.29, 1.82) is 0 Å². The topological polar surface area (TPSA) is 92.3 Å². The van der Waals surface area contributed by atoms with Gasteiger partial charge in [0.1, 0.15) is 0 Å². The number of amides is 1. The summed E-state index contributed by atoms with van der Waals surface area (Å²) < 4.78 is 0. The van der Waals surface area contributed by atoms with Crippen LogP contribution < -0.4 is 26.7 Å². The van der Waals surface area contributed by atoms with Crippen molar-refractivity contribution in [2.24, 2.45) is 0 Å². The van der Waals surface area contributed by atoms with Crippen LogP contribution in [0.25, 0.3) is 28.4 Å². The summed E-state index contributed by atoms with van der Waals surface area (Å²) in [6.45, 7) is 44.4. The van der Waals surface area contributed by atoms with E-state index in [4.69, 9.17) is 0 Å². The molecule has 1 aliphatic rings. The van der Waals surface area contributed by atoms with Gasteiger partial charge < -0.3 is 25.3 Å². The highest BCUT2D eigenvalue weighted by Gasteiger charge is 2.26. The van der Waals surface area contributed by atoms with Crippen LogP contribution >= 0.6 is 0 Å². The number of rotatable bonds is 15. The van der Waals surface area contributed by atoms with E-state index >= 15 is 0 Å². The molecular weight excluding hydrogens is 1160 g/mol. The first kappa shape index (κ1) is 67.7. The molecule has 0 atom stereocenters. The number of carbonyl (C=O) groups excluding carboxylic acids is 1. The largest absolute Gasteiger partial charge is 0.354 e. The van der Waals surface area contributed by atoms with Gasteiger partial charge in [-0.15, -0.1) is 0 Å². The molecule has 1 amide bonds. The van der Waals surface area contributed by atoms with Crippen LogP contribution in [0.2, 0.25) is 0 Å². The maximum absolute atomic E-state index is 14.0. The van der Waals surface area contributed by atoms with E-state index in [1.54, 1.807) is 0 Å². The summed E-state index contributed by atoms with van der Waals surface area (Å²) in [6, 6.07) is 34.1. The molecule has 10 rings (SSSR count). The SMILES string of the molecule is C/C=C/C(C)=C/C=C/C(C)=C/C=C/C=C(C)/C=C/C=C(C)/C=C/c1ccc(C(=O)Nc2ccc(C3=c4ccc([nH]4)=C(c4c(C)c(C)c(C)c(C)c4C)c4ccc([nH]4)C(c4c(C)c(C)c(C)c(C)c4C)=c4ccc([nH]4)=C(c4c(C)c(C)c(C)c(C)c4C)c4ccc3[nH]4)cc2)cc1. The van der Waals surface area contributed by atoms with Crippen molar-refractivity contribution in [3.63, 3.8) is 0 Å². The Morgan fingerprint density at radius 3 is 1.01 bits per heavy atom. The molecule has 9 aromatic rings. The Morgan fingerprint density at radius 1 is 0.326 bits per heavy atom. The van der Waals surface area contributed by atoms with Crippen LogP contribution in [-0.4, -0.2) is 25.8 Å². The summed E-state index contributed by atoms with van der Waals surface area (Å²) >= 11 is 0. The average molecular weight is 1250 g/mol. The highest BCUT2D eigenvalue weighted by Crippen LogP contribution is 2.38. The van der Waals surface area contributed by atoms with E-state index in [0.717, 1.165) is 88.7 Å². The molecule has 0 saturated carbocycles. The van der Waals surface area contributed by atoms with E-state index in [0.29, 0.717) is 11.3 Å². The van der Waals surface area contributed by atoms with Crippen LogP contribution in [0.15, 0.2) is 198 Å². The number of fused-ring (bicyclic) bond motifs is 8. The molecule has 6 heteroatoms. The second kappa shape index (κ2) is 28.6. The fourth-order valence-electron chi connectivity index (χ4n) is 13.6. The molecule has 5 aromatic carbocycles. The molecule has 1 aliphatic heterocycles. The zero-order valence-electron chi connectivity index (χ0n) is 59.7. The lowest BCUT2D eigenvalue weighted by Gasteiger charge is -2.21. The first-order valence-electron chi connectivity index (χ1n) is 33.4. The maximum atomic E-state index is 14.0. The smallest absolute Gasteiger partial charge is 0.255 e. The minimum absolute atomic E-state index is 0.177. The third-order valence-electron chi connectivity index (χ3n) is 20.5. The number of carbonyl (C=O) groups is 1. The second-order valence-corrected chi connectivity index (χ2v) is 26.4. The first-order valence-corrected chi connectivity index (χ1v) is 33.4. The van der Waals surface area contributed by atoms with E-state index in [9.17, 15) is 4.79 Å². The van der Waals surface area contributed by atoms with Crippen molar-refractivity contribution in [2.75, 3.05) is 5.32 Å². The third kappa shape index (κ3) is 13.9. The van der Waals surface area contributed by atoms with Gasteiger partial charge in [-0.25, -0.2) is 0 Å². The Morgan fingerprint density at radius 2 is 0.642 bits per heavy atom. The minimum Gasteiger partial charge on any atom is -0.354 e. The highest BCUT2D eigenvalue weighted by atomic mass is 16.1. The zero-order chi connectivity index (χ0) is 68.3. The Labute approximate surface area is 564 Å². The molecule has 5 N–H and O–H groups in total. The van der Waals surface area contributed by atoms with Crippen molar-refractivity contribution >= 4 is 40.0 Å². The second-order valence-electron chi connectivity index (χ2n) is 26.4. The molecular formula is C89H95N5O. The van der Waals surface area contributed by atoms with E-state index < -0.39 is 0 Å². The van der Waals surface area contributed by atoms with E-state index in [1.807, 2.05) is 49.4 Å². The number of hydrogen-bond donors (Lipinski definition) is 5. The van der Waals surface area contributed by atoms with Crippen LogP contribution in [0.5, 0.6) is 0 Å². The van der Waals surface area contributed by atoms with Gasteiger partial charge in [0.15, 0.2) is 0 Å². The van der Waals surface area contributed by atoms with E-state index in [2.05, 4.69) is 296 Å². The number of nitrogens with one attached hydrogen (secondary N) is 5. The number of aromatic nitrogens is 4. The Balaban J connectivity index is 1.04. The monoisotopic (exact) mass is 1250 g/mol. The number of anilines is 1. The number of allylic oxidation sites excluding steroid dienone is 17. The molecule has 0 aliphatic carbocycles. The molecule has 5 heterocycles. The fraction of sp³-hybridized carbons (Fsp3) is 0.225. The third-order valence-corrected chi connectivity index (χ3v) is 20.5. The highest BCUT2D eigenvalue weighted by molar-refractivity contribution is 6.04. The summed E-state index contributed by atoms with van der Waals surface area (Å²) in [5, 5.41) is 7.21. The Hall–Kier alpha value is -10.2. The van der Waals surface area contributed by atoms with Gasteiger partial charge in [0.2, 0.25) is 0 Å². The normalized spacial score (nSPS) is 13.7. The molecule has 6 nitrogen and oxygen atoms in total. The van der Waals surface area contributed by atoms with Crippen molar-refractivity contribution in [2.45, 2.75) is 138 Å². The first-order chi connectivity index (χ1) is 45.4. The molecule has 4 aromatic heterocycles. The molecule has 0 unspecified atom stereocenters. The summed E-state index contributed by atoms with van der Waals surface area (Å²) in [5.41, 5.74) is 39.4. The Bertz CT molecular complexity index is 5010. The molecule has 482 valence electrons. The lowest BCUT2D eigenvalue weighted by molar-refractivity contribution is 0.102. The van der Waals surface area contributed by atoms with Crippen molar-refractivity contribution in [3.8, 4) is 0 Å². The molecule has 8 bridgehead atoms. The van der Waals surface area contributed by atoms with Gasteiger partial charge in [-0.1, -0.05) is 132 Å². The van der Waals surface area contributed by atoms with Gasteiger partial charge in [0.25, 0.3) is 5.91 Å². The zero-order valence-corrected chi connectivity index (χ0v) is 59.7. The molecule has 0 saturated heterocycles. The lowest BCUT2D eigenvalue weighted by atomic mass is 9.85. The number of aromatic amines is 4. The number of hydrogen-bond acceptors (Lipinski definition) is 1. The molecule has 0 spiro atoms. The van der Waals surface area contributed by atoms with Crippen molar-refractivity contribution in [1.82, 2.24) is 19.9 Å². The summed E-state index contributed by atoms with van der Waals surface area (Å²) in [6.07, 6.45) is 29.2. The number of benzene rings is 5. The molecule has 0 radical (unpaired) electrons. The predicted molar refractivity (Wildman–Crippen MR) is 406 cm³/mol. The van der Waals surface area contributed by atoms with Gasteiger partial charge in [0, 0.05) is 77.7 Å². The molecule has 0 fully saturated rings. The van der Waals surface area contributed by atoms with Crippen molar-refractivity contribution in [3.05, 3.63) is 359 Å². The quantitative estimate of drug-likeness (QED) is 0.0650. The standard InChI is InChI=1S/C89H95N5O/c1-21-26-51(2)29-24-30-52(3)27-22-23-28-53(4)31-25-32-54(5)33-34-70-35-37-72(38-36-70)89(95)90-73-41-39-71(40-42-73)85-74-43-45-76(91-74)86(82-64(15)58(9)55(6)59(10)65(82)16)78-47-49-80(93-78)88(84-68(19)62(13)57(8)63(14)69(84)20)81-50-48-79(94-81)87(77-46-44-75(85)92-77)83-66(17)60(11)56(7)61(12)67(83)18/h21-50,91-94H,1-20H3,(H,90,95)/b23-22+,26-21+,30-24+,31-25+,34-33+,51-29+,52-27+,53-28+,54-32+,85-74?,85-75?,86-76?,86-78?,87-77?,87-79?,88-80?,88-81?. The fourth-order valence-corrected chi connectivity index (χ4v) is 13.6. The summed E-state index contributed by atoms with van der Waals surface area (Å²) in [7, 11) is 0. The summed E-state index contributed by atoms with van der Waals surface area (Å²) in [4.78, 5) is 30.3. The predicted octanol–water partition coefficient (Wildman–Crippen LogP) is 19.2. The lowest BCUT2D eigenvalue weighted by Crippen LogP contribution is -2.21. The van der Waals surface area contributed by atoms with Crippen LogP contribution in [0.3, 0.4) is 0 Å². The number of H-pyrrole nitrogens is 4. The van der Waals surface area contributed by atoms with Gasteiger partial charge in [0.05, 0.1) is 0 Å². The summed E-state index contributed by atoms with van der Waals surface area (Å²) in [5.74, 6) is -0.177. The van der Waals surface area contributed by atoms with E-state index in [-0.39, 0.29) is 5.91 Å². The van der Waals surface area contributed by atoms with Gasteiger partial charge in [-0.3, -0.25) is 4.79 Å². The van der Waals surface area contributed by atoms with Crippen LogP contribution in [0.1, 0.15) is 179 Å². The average Bonchev–Trinajstić information content (AvgIpc) is 1.06. The van der Waals surface area contributed by atoms with Crippen LogP contribution in [0.4, 0.5) is 5.69 Å². The maximum Gasteiger partial charge on any atom is 0.255 e.